The summed E-state index contributed by atoms with van der Waals surface area (Å²) in [6, 6.07) is 4.63. The number of imide groups is 1. The van der Waals surface area contributed by atoms with Crippen molar-refractivity contribution in [1.82, 2.24) is 15.1 Å². The first kappa shape index (κ1) is 41.3. The molecule has 1 N–H and O–H groups in total. The number of epoxide rings is 1. The molecule has 2 saturated heterocycles. The number of aldehydes is 1. The molecule has 1 aromatic rings. The van der Waals surface area contributed by atoms with Crippen LogP contribution in [0.3, 0.4) is 0 Å². The first-order chi connectivity index (χ1) is 25.2. The van der Waals surface area contributed by atoms with Crippen molar-refractivity contribution in [1.29, 1.82) is 0 Å². The van der Waals surface area contributed by atoms with Gasteiger partial charge in [-0.3, -0.25) is 19.3 Å². The maximum atomic E-state index is 13.2. The van der Waals surface area contributed by atoms with Crippen LogP contribution in [0.15, 0.2) is 54.2 Å². The van der Waals surface area contributed by atoms with Gasteiger partial charge in [-0.25, -0.2) is 9.59 Å². The lowest BCUT2D eigenvalue weighted by atomic mass is 9.92. The minimum atomic E-state index is -0.963. The van der Waals surface area contributed by atoms with Gasteiger partial charge in [0.15, 0.2) is 0 Å². The predicted octanol–water partition coefficient (Wildman–Crippen LogP) is 5.03. The quantitative estimate of drug-likeness (QED) is 0.0477. The average molecular weight is 756 g/mol. The van der Waals surface area contributed by atoms with Crippen LogP contribution in [0.1, 0.15) is 77.7 Å². The van der Waals surface area contributed by atoms with E-state index in [2.05, 4.69) is 5.32 Å². The number of hydrogen-bond donors (Lipinski definition) is 1. The lowest BCUT2D eigenvalue weighted by Crippen LogP contribution is -2.46. The van der Waals surface area contributed by atoms with Gasteiger partial charge in [0.1, 0.15) is 35.9 Å². The third-order valence-electron chi connectivity index (χ3n) is 9.93. The molecule has 6 atom stereocenters. The Hall–Kier alpha value is -4.49. The van der Waals surface area contributed by atoms with Gasteiger partial charge in [-0.2, -0.15) is 0 Å². The highest BCUT2D eigenvalue weighted by Gasteiger charge is 2.60. The molecule has 0 radical (unpaired) electrons. The summed E-state index contributed by atoms with van der Waals surface area (Å²) < 4.78 is 22.6. The molecule has 4 amide bonds. The number of alkyl carbamates (subject to hydrolysis) is 1. The first-order valence-corrected chi connectivity index (χ1v) is 18.4. The number of hydrogen-bond acceptors (Lipinski definition) is 10. The normalized spacial score (nSPS) is 23.7. The van der Waals surface area contributed by atoms with Gasteiger partial charge < -0.3 is 34.0 Å². The molecule has 13 nitrogen and oxygen atoms in total. The van der Waals surface area contributed by atoms with Crippen molar-refractivity contribution in [3.05, 3.63) is 64.7 Å². The molecule has 3 heterocycles. The second-order valence-corrected chi connectivity index (χ2v) is 14.3. The molecule has 3 aliphatic rings. The van der Waals surface area contributed by atoms with Crippen LogP contribution in [0, 0.1) is 0 Å². The zero-order chi connectivity index (χ0) is 38.7. The Bertz CT molecular complexity index is 1610. The van der Waals surface area contributed by atoms with Gasteiger partial charge in [-0.1, -0.05) is 47.9 Å². The van der Waals surface area contributed by atoms with Crippen LogP contribution in [0.5, 0.6) is 5.75 Å². The molecule has 0 spiro atoms. The number of carbonyl (C=O) groups excluding carboxylic acids is 6. The molecule has 288 valence electrons. The van der Waals surface area contributed by atoms with E-state index in [0.717, 1.165) is 22.5 Å². The highest BCUT2D eigenvalue weighted by Crippen LogP contribution is 2.45. The Morgan fingerprint density at radius 1 is 1.17 bits per heavy atom. The van der Waals surface area contributed by atoms with Crippen molar-refractivity contribution in [3.8, 4) is 5.75 Å². The fraction of sp³-hybridized carbons (Fsp3) is 0.538. The van der Waals surface area contributed by atoms with Crippen LogP contribution in [0.25, 0.3) is 0 Å². The van der Waals surface area contributed by atoms with Crippen molar-refractivity contribution in [2.75, 3.05) is 20.7 Å². The van der Waals surface area contributed by atoms with Crippen LogP contribution >= 0.6 is 11.6 Å². The number of amides is 4. The van der Waals surface area contributed by atoms with Crippen molar-refractivity contribution in [2.45, 2.75) is 115 Å². The molecule has 0 saturated carbocycles. The van der Waals surface area contributed by atoms with Crippen LogP contribution in [0.2, 0.25) is 5.02 Å². The van der Waals surface area contributed by atoms with Gasteiger partial charge in [-0.05, 0) is 64.2 Å². The van der Waals surface area contributed by atoms with E-state index in [1.54, 1.807) is 21.0 Å². The zero-order valence-electron chi connectivity index (χ0n) is 31.0. The summed E-state index contributed by atoms with van der Waals surface area (Å²) >= 11 is 6.13. The van der Waals surface area contributed by atoms with E-state index in [-0.39, 0.29) is 43.1 Å². The smallest absolute Gasteiger partial charge is 0.407 e. The summed E-state index contributed by atoms with van der Waals surface area (Å²) in [6.45, 7) is 5.64. The fourth-order valence-corrected chi connectivity index (χ4v) is 6.67. The molecule has 0 aliphatic carbocycles. The van der Waals surface area contributed by atoms with Gasteiger partial charge in [0.25, 0.3) is 11.8 Å². The maximum absolute atomic E-state index is 13.2. The summed E-state index contributed by atoms with van der Waals surface area (Å²) in [7, 11) is 3.10. The molecule has 53 heavy (non-hydrogen) atoms. The highest BCUT2D eigenvalue weighted by atomic mass is 35.5. The Morgan fingerprint density at radius 3 is 2.60 bits per heavy atom. The second-order valence-electron chi connectivity index (χ2n) is 13.9. The lowest BCUT2D eigenvalue weighted by Gasteiger charge is -2.30. The monoisotopic (exact) mass is 755 g/mol. The van der Waals surface area contributed by atoms with E-state index in [1.165, 1.54) is 24.1 Å². The number of cyclic esters (lactones) is 1. The first-order valence-electron chi connectivity index (χ1n) is 18.0. The SMILES string of the molecule is COc1cc(C/C(C)=C/C=C/CC2CC(CC3OC3(C)[C@H](CC=O)OC(=O)C(C)N(C)C(=O)CCCCCN3C(=O)C=CC3=O)OC(=O)N2)ccc1Cl. The fourth-order valence-electron chi connectivity index (χ4n) is 6.47. The molecular formula is C39H50ClN3O10. The number of carbonyl (C=O) groups is 6. The van der Waals surface area contributed by atoms with E-state index in [9.17, 15) is 28.8 Å². The number of ether oxygens (including phenoxy) is 4. The Labute approximate surface area is 315 Å². The molecule has 4 rings (SSSR count). The summed E-state index contributed by atoms with van der Waals surface area (Å²) in [6.07, 6.45) is 10.9. The topological polar surface area (TPSA) is 161 Å². The average Bonchev–Trinajstić information content (AvgIpc) is 3.67. The van der Waals surface area contributed by atoms with Crippen LogP contribution in [0.4, 0.5) is 4.79 Å². The summed E-state index contributed by atoms with van der Waals surface area (Å²) in [4.78, 5) is 75.8. The molecule has 3 aliphatic heterocycles. The number of nitrogens with zero attached hydrogens (tertiary/aromatic N) is 2. The third-order valence-corrected chi connectivity index (χ3v) is 10.2. The Kier molecular flexibility index (Phi) is 14.8. The largest absolute Gasteiger partial charge is 0.495 e. The molecular weight excluding hydrogens is 706 g/mol. The predicted molar refractivity (Wildman–Crippen MR) is 196 cm³/mol. The number of unbranched alkanes of at least 4 members (excludes halogenated alkanes) is 2. The summed E-state index contributed by atoms with van der Waals surface area (Å²) in [5.74, 6) is -0.962. The van der Waals surface area contributed by atoms with Gasteiger partial charge in [0, 0.05) is 57.5 Å². The number of allylic oxidation sites excluding steroid dienone is 3. The number of methoxy groups -OCH3 is 1. The van der Waals surface area contributed by atoms with E-state index >= 15 is 0 Å². The summed E-state index contributed by atoms with van der Waals surface area (Å²) in [5, 5.41) is 3.43. The lowest BCUT2D eigenvalue weighted by molar-refractivity contribution is -0.161. The van der Waals surface area contributed by atoms with Crippen molar-refractivity contribution < 1.29 is 47.7 Å². The van der Waals surface area contributed by atoms with Crippen molar-refractivity contribution >= 4 is 47.7 Å². The van der Waals surface area contributed by atoms with Crippen LogP contribution in [-0.4, -0.2) is 103 Å². The molecule has 0 aromatic heterocycles. The van der Waals surface area contributed by atoms with Gasteiger partial charge >= 0.3 is 12.1 Å². The third kappa shape index (κ3) is 11.5. The molecule has 2 fully saturated rings. The summed E-state index contributed by atoms with van der Waals surface area (Å²) in [5.41, 5.74) is 1.26. The number of likely N-dealkylation sites (N-methyl/N-ethyl adjacent to an activating group) is 1. The van der Waals surface area contributed by atoms with Gasteiger partial charge in [0.2, 0.25) is 5.91 Å². The number of benzene rings is 1. The molecule has 1 aromatic carbocycles. The van der Waals surface area contributed by atoms with Gasteiger partial charge in [0.05, 0.1) is 18.2 Å². The van der Waals surface area contributed by atoms with Crippen molar-refractivity contribution in [2.24, 2.45) is 0 Å². The minimum absolute atomic E-state index is 0.0986. The molecule has 14 heteroatoms. The Balaban J connectivity index is 1.21. The number of esters is 1. The van der Waals surface area contributed by atoms with E-state index < -0.39 is 42.0 Å². The van der Waals surface area contributed by atoms with Gasteiger partial charge in [-0.15, -0.1) is 0 Å². The highest BCUT2D eigenvalue weighted by molar-refractivity contribution is 6.32. The van der Waals surface area contributed by atoms with Crippen LogP contribution in [-0.2, 0) is 44.6 Å². The second kappa shape index (κ2) is 19.0. The van der Waals surface area contributed by atoms with E-state index in [4.69, 9.17) is 30.5 Å². The zero-order valence-corrected chi connectivity index (χ0v) is 31.8. The molecule has 5 unspecified atom stereocenters. The van der Waals surface area contributed by atoms with Crippen LogP contribution < -0.4 is 10.1 Å². The number of rotatable bonds is 20. The Morgan fingerprint density at radius 2 is 1.91 bits per heavy atom. The van der Waals surface area contributed by atoms with E-state index in [1.807, 2.05) is 43.4 Å². The number of nitrogens with one attached hydrogen (secondary N) is 1. The number of halogens is 1. The van der Waals surface area contributed by atoms with E-state index in [0.29, 0.717) is 55.6 Å². The van der Waals surface area contributed by atoms with Crippen molar-refractivity contribution in [3.63, 3.8) is 0 Å². The molecule has 0 bridgehead atoms. The maximum Gasteiger partial charge on any atom is 0.407 e. The standard InChI is InChI=1S/C39H50ClN3O10/c1-25(21-27-14-15-30(40)31(22-27)50-5)11-8-9-12-28-23-29(51-38(49)41-28)24-33-39(3,53-33)32(18-20-44)52-37(48)26(2)42(4)34(45)13-7-6-10-19-43-35(46)16-17-36(43)47/h8-9,11,14-17,20,22,26,28-29,32-33H,6-7,10,12-13,18-19,21,23-24H2,1-5H3,(H,41,49)/b9-8+,25-11+/t26?,28?,29?,32-,33?,39?/m0/s1. The minimum Gasteiger partial charge on any atom is -0.495 e.